The van der Waals surface area contributed by atoms with Gasteiger partial charge in [-0.15, -0.1) is 0 Å². The summed E-state index contributed by atoms with van der Waals surface area (Å²) in [6.45, 7) is 1.36. The summed E-state index contributed by atoms with van der Waals surface area (Å²) in [5.74, 6) is 1.70. The molecule has 4 fully saturated rings. The Balaban J connectivity index is 1.20. The monoisotopic (exact) mass is 433 g/mol. The molecule has 2 heterocycles. The van der Waals surface area contributed by atoms with Crippen molar-refractivity contribution in [3.63, 3.8) is 0 Å². The fourth-order valence-corrected chi connectivity index (χ4v) is 7.36. The number of benzene rings is 1. The Morgan fingerprint density at radius 2 is 1.81 bits per heavy atom. The number of carbonyl (C=O) groups excluding carboxylic acids is 2. The van der Waals surface area contributed by atoms with E-state index in [1.807, 2.05) is 31.3 Å². The maximum Gasteiger partial charge on any atom is 0.339 e. The Bertz CT molecular complexity index is 1060. The number of carbonyl (C=O) groups is 2. The Morgan fingerprint density at radius 3 is 2.53 bits per heavy atom. The molecular formula is C26H31N3O3. The Labute approximate surface area is 188 Å². The summed E-state index contributed by atoms with van der Waals surface area (Å²) in [5, 5.41) is 4.10. The van der Waals surface area contributed by atoms with Crippen molar-refractivity contribution in [1.29, 1.82) is 0 Å². The van der Waals surface area contributed by atoms with Gasteiger partial charge in [0.15, 0.2) is 6.61 Å². The van der Waals surface area contributed by atoms with Crippen LogP contribution in [0.15, 0.2) is 24.3 Å². The summed E-state index contributed by atoms with van der Waals surface area (Å²) in [6, 6.07) is 7.71. The smallest absolute Gasteiger partial charge is 0.339 e. The predicted molar refractivity (Wildman–Crippen MR) is 121 cm³/mol. The van der Waals surface area contributed by atoms with E-state index in [4.69, 9.17) is 9.72 Å². The van der Waals surface area contributed by atoms with Gasteiger partial charge in [-0.2, -0.15) is 0 Å². The average molecular weight is 434 g/mol. The number of nitrogens with zero attached hydrogens (tertiary/aromatic N) is 2. The molecular weight excluding hydrogens is 402 g/mol. The third-order valence-corrected chi connectivity index (χ3v) is 8.22. The van der Waals surface area contributed by atoms with Gasteiger partial charge in [0.2, 0.25) is 0 Å². The summed E-state index contributed by atoms with van der Waals surface area (Å²) >= 11 is 0. The number of hydrogen-bond acceptors (Lipinski definition) is 5. The fourth-order valence-electron chi connectivity index (χ4n) is 7.36. The number of likely N-dealkylation sites (N-methyl/N-ethyl adjacent to an activating group) is 1. The van der Waals surface area contributed by atoms with Gasteiger partial charge in [-0.25, -0.2) is 4.79 Å². The zero-order valence-electron chi connectivity index (χ0n) is 18.7. The number of pyridine rings is 1. The molecule has 7 rings (SSSR count). The molecule has 1 aromatic heterocycles. The minimum atomic E-state index is -0.421. The highest BCUT2D eigenvalue weighted by atomic mass is 16.5. The standard InChI is InChI=1S/C26H31N3O3/c1-29-7-6-22-20(14-29)24(19-4-2-3-5-21(19)27-22)25(31)32-15-23(30)28-26-11-16-8-17(12-26)10-18(9-16)13-26/h2-5,16-18H,6-15H2,1H3,(H,28,30). The number of rotatable bonds is 4. The van der Waals surface area contributed by atoms with Gasteiger partial charge in [0.25, 0.3) is 5.91 Å². The molecule has 0 spiro atoms. The van der Waals surface area contributed by atoms with Crippen LogP contribution in [0.4, 0.5) is 0 Å². The molecule has 5 aliphatic rings. The molecule has 168 valence electrons. The number of aromatic nitrogens is 1. The summed E-state index contributed by atoms with van der Waals surface area (Å²) in [4.78, 5) is 33.1. The highest BCUT2D eigenvalue weighted by molar-refractivity contribution is 6.05. The van der Waals surface area contributed by atoms with Gasteiger partial charge < -0.3 is 15.0 Å². The van der Waals surface area contributed by atoms with E-state index >= 15 is 0 Å². The topological polar surface area (TPSA) is 71.5 Å². The molecule has 6 heteroatoms. The van der Waals surface area contributed by atoms with E-state index in [0.29, 0.717) is 12.1 Å². The third-order valence-electron chi connectivity index (χ3n) is 8.22. The predicted octanol–water partition coefficient (Wildman–Crippen LogP) is 3.46. The maximum absolute atomic E-state index is 13.3. The first kappa shape index (κ1) is 20.2. The van der Waals surface area contributed by atoms with E-state index in [1.54, 1.807) is 0 Å². The van der Waals surface area contributed by atoms with Crippen molar-refractivity contribution in [1.82, 2.24) is 15.2 Å². The van der Waals surface area contributed by atoms with E-state index in [0.717, 1.165) is 72.1 Å². The molecule has 2 aromatic rings. The van der Waals surface area contributed by atoms with E-state index in [1.165, 1.54) is 19.3 Å². The van der Waals surface area contributed by atoms with Gasteiger partial charge in [-0.1, -0.05) is 18.2 Å². The second-order valence-corrected chi connectivity index (χ2v) is 10.7. The normalized spacial score (nSPS) is 30.8. The minimum absolute atomic E-state index is 0.0660. The molecule has 0 unspecified atom stereocenters. The van der Waals surface area contributed by atoms with E-state index in [2.05, 4.69) is 10.2 Å². The number of fused-ring (bicyclic) bond motifs is 2. The van der Waals surface area contributed by atoms with Gasteiger partial charge in [0.05, 0.1) is 11.1 Å². The number of amides is 1. The molecule has 1 amide bonds. The van der Waals surface area contributed by atoms with E-state index in [9.17, 15) is 9.59 Å². The number of para-hydroxylation sites is 1. The molecule has 1 N–H and O–H groups in total. The number of hydrogen-bond donors (Lipinski definition) is 1. The van der Waals surface area contributed by atoms with Crippen molar-refractivity contribution >= 4 is 22.8 Å². The van der Waals surface area contributed by atoms with Gasteiger partial charge in [0.1, 0.15) is 0 Å². The summed E-state index contributed by atoms with van der Waals surface area (Å²) < 4.78 is 5.62. The van der Waals surface area contributed by atoms with Crippen molar-refractivity contribution in [3.8, 4) is 0 Å². The van der Waals surface area contributed by atoms with Crippen LogP contribution in [0.25, 0.3) is 10.9 Å². The molecule has 4 bridgehead atoms. The van der Waals surface area contributed by atoms with Crippen LogP contribution < -0.4 is 5.32 Å². The molecule has 4 aliphatic carbocycles. The zero-order valence-corrected chi connectivity index (χ0v) is 18.7. The summed E-state index contributed by atoms with van der Waals surface area (Å²) in [5.41, 5.74) is 3.21. The average Bonchev–Trinajstić information content (AvgIpc) is 2.74. The zero-order chi connectivity index (χ0) is 21.9. The number of ether oxygens (including phenoxy) is 1. The highest BCUT2D eigenvalue weighted by Gasteiger charge is 2.51. The Hall–Kier alpha value is -2.47. The molecule has 6 nitrogen and oxygen atoms in total. The molecule has 32 heavy (non-hydrogen) atoms. The molecule has 1 aliphatic heterocycles. The van der Waals surface area contributed by atoms with Crippen molar-refractivity contribution in [2.24, 2.45) is 17.8 Å². The lowest BCUT2D eigenvalue weighted by molar-refractivity contribution is -0.130. The van der Waals surface area contributed by atoms with Gasteiger partial charge in [0, 0.05) is 41.7 Å². The van der Waals surface area contributed by atoms with Crippen LogP contribution in [0.2, 0.25) is 0 Å². The maximum atomic E-state index is 13.3. The highest BCUT2D eigenvalue weighted by Crippen LogP contribution is 2.55. The Kier molecular flexibility index (Phi) is 4.75. The van der Waals surface area contributed by atoms with Crippen molar-refractivity contribution < 1.29 is 14.3 Å². The summed E-state index contributed by atoms with van der Waals surface area (Å²) in [7, 11) is 2.05. The fraction of sp³-hybridized carbons (Fsp3) is 0.577. The molecule has 1 aromatic carbocycles. The molecule has 0 saturated heterocycles. The van der Waals surface area contributed by atoms with Crippen molar-refractivity contribution in [3.05, 3.63) is 41.1 Å². The second-order valence-electron chi connectivity index (χ2n) is 10.7. The van der Waals surface area contributed by atoms with Crippen LogP contribution >= 0.6 is 0 Å². The van der Waals surface area contributed by atoms with Crippen LogP contribution in [0.5, 0.6) is 0 Å². The van der Waals surface area contributed by atoms with Crippen LogP contribution in [-0.4, -0.2) is 47.5 Å². The first-order valence-corrected chi connectivity index (χ1v) is 12.1. The SMILES string of the molecule is CN1CCc2nc3ccccc3c(C(=O)OCC(=O)NC34CC5CC(CC(C5)C3)C4)c2C1. The van der Waals surface area contributed by atoms with Gasteiger partial charge >= 0.3 is 5.97 Å². The molecule has 0 atom stereocenters. The number of esters is 1. The largest absolute Gasteiger partial charge is 0.452 e. The van der Waals surface area contributed by atoms with Gasteiger partial charge in [-0.3, -0.25) is 9.78 Å². The van der Waals surface area contributed by atoms with Crippen LogP contribution in [0.3, 0.4) is 0 Å². The van der Waals surface area contributed by atoms with Gasteiger partial charge in [-0.05, 0) is 69.4 Å². The third kappa shape index (κ3) is 3.49. The van der Waals surface area contributed by atoms with Crippen LogP contribution in [0.1, 0.15) is 60.1 Å². The van der Waals surface area contributed by atoms with Crippen molar-refractivity contribution in [2.45, 2.75) is 57.0 Å². The first-order valence-electron chi connectivity index (χ1n) is 12.1. The Morgan fingerprint density at radius 1 is 1.12 bits per heavy atom. The first-order chi connectivity index (χ1) is 15.5. The molecule has 0 radical (unpaired) electrons. The van der Waals surface area contributed by atoms with Crippen LogP contribution in [0, 0.1) is 17.8 Å². The number of nitrogens with one attached hydrogen (secondary N) is 1. The summed E-state index contributed by atoms with van der Waals surface area (Å²) in [6.07, 6.45) is 8.08. The van der Waals surface area contributed by atoms with Crippen LogP contribution in [-0.2, 0) is 22.5 Å². The minimum Gasteiger partial charge on any atom is -0.452 e. The lowest BCUT2D eigenvalue weighted by Crippen LogP contribution is -2.60. The lowest BCUT2D eigenvalue weighted by atomic mass is 9.53. The van der Waals surface area contributed by atoms with Crippen molar-refractivity contribution in [2.75, 3.05) is 20.2 Å². The second kappa shape index (κ2) is 7.55. The van der Waals surface area contributed by atoms with E-state index < -0.39 is 5.97 Å². The lowest BCUT2D eigenvalue weighted by Gasteiger charge is -2.56. The quantitative estimate of drug-likeness (QED) is 0.748. The van der Waals surface area contributed by atoms with E-state index in [-0.39, 0.29) is 18.1 Å². The molecule has 4 saturated carbocycles.